The molecular weight excluding hydrogens is 229 g/mol. The summed E-state index contributed by atoms with van der Waals surface area (Å²) in [4.78, 5) is 11.9. The van der Waals surface area contributed by atoms with Crippen LogP contribution in [0.4, 0.5) is 4.39 Å². The smallest absolute Gasteiger partial charge is 0.179 e. The number of hydrogen-bond acceptors (Lipinski definition) is 2. The zero-order valence-corrected chi connectivity index (χ0v) is 9.73. The number of ketones is 1. The highest BCUT2D eigenvalue weighted by molar-refractivity contribution is 6.00. The van der Waals surface area contributed by atoms with E-state index in [4.69, 9.17) is 0 Å². The lowest BCUT2D eigenvalue weighted by atomic mass is 9.96. The average molecular weight is 244 g/mol. The van der Waals surface area contributed by atoms with Crippen molar-refractivity contribution >= 4 is 18.2 Å². The highest BCUT2D eigenvalue weighted by Crippen LogP contribution is 2.13. The van der Waals surface area contributed by atoms with E-state index in [0.29, 0.717) is 5.56 Å². The highest BCUT2D eigenvalue weighted by atomic mass is 35.5. The maximum absolute atomic E-state index is 12.9. The van der Waals surface area contributed by atoms with Crippen molar-refractivity contribution in [3.05, 3.63) is 35.6 Å². The van der Waals surface area contributed by atoms with E-state index in [1.165, 1.54) is 12.1 Å². The number of benzene rings is 1. The lowest BCUT2D eigenvalue weighted by Gasteiger charge is -2.22. The van der Waals surface area contributed by atoms with E-state index in [1.54, 1.807) is 12.1 Å². The van der Waals surface area contributed by atoms with Gasteiger partial charge in [0.15, 0.2) is 5.78 Å². The van der Waals surface area contributed by atoms with E-state index in [-0.39, 0.29) is 30.0 Å². The van der Waals surface area contributed by atoms with Crippen LogP contribution in [0.2, 0.25) is 0 Å². The molecule has 0 aromatic heterocycles. The third-order valence-electron chi connectivity index (χ3n) is 2.74. The van der Waals surface area contributed by atoms with Crippen LogP contribution >= 0.6 is 12.4 Å². The molecule has 4 heteroatoms. The van der Waals surface area contributed by atoms with E-state index >= 15 is 0 Å². The molecule has 16 heavy (non-hydrogen) atoms. The highest BCUT2D eigenvalue weighted by Gasteiger charge is 2.21. The molecule has 2 nitrogen and oxygen atoms in total. The summed E-state index contributed by atoms with van der Waals surface area (Å²) in [5, 5.41) is 3.16. The Morgan fingerprint density at radius 3 is 2.81 bits per heavy atom. The molecule has 0 saturated carbocycles. The molecule has 0 aliphatic carbocycles. The number of rotatable bonds is 2. The zero-order valence-electron chi connectivity index (χ0n) is 8.91. The Balaban J connectivity index is 0.00000128. The lowest BCUT2D eigenvalue weighted by molar-refractivity contribution is 0.0926. The zero-order chi connectivity index (χ0) is 10.7. The van der Waals surface area contributed by atoms with Crippen LogP contribution in [-0.4, -0.2) is 18.4 Å². The first-order valence-electron chi connectivity index (χ1n) is 5.30. The second-order valence-corrected chi connectivity index (χ2v) is 3.88. The molecule has 0 radical (unpaired) electrons. The van der Waals surface area contributed by atoms with Crippen LogP contribution in [0.5, 0.6) is 0 Å². The standard InChI is InChI=1S/C12H14FNO.ClH/c13-10-5-3-4-9(8-10)12(15)11-6-1-2-7-14-11;/h3-5,8,11,14H,1-2,6-7H2;1H. The summed E-state index contributed by atoms with van der Waals surface area (Å²) in [5.41, 5.74) is 0.467. The molecule has 0 bridgehead atoms. The molecule has 1 aliphatic heterocycles. The molecule has 0 amide bonds. The summed E-state index contributed by atoms with van der Waals surface area (Å²) >= 11 is 0. The van der Waals surface area contributed by atoms with Gasteiger partial charge in [-0.15, -0.1) is 12.4 Å². The molecule has 1 aromatic carbocycles. The van der Waals surface area contributed by atoms with Crippen molar-refractivity contribution in [3.63, 3.8) is 0 Å². The van der Waals surface area contributed by atoms with Crippen molar-refractivity contribution < 1.29 is 9.18 Å². The Morgan fingerprint density at radius 1 is 1.38 bits per heavy atom. The maximum Gasteiger partial charge on any atom is 0.179 e. The van der Waals surface area contributed by atoms with Crippen LogP contribution in [0.3, 0.4) is 0 Å². The number of carbonyl (C=O) groups is 1. The number of nitrogens with one attached hydrogen (secondary N) is 1. The quantitative estimate of drug-likeness (QED) is 0.809. The third kappa shape index (κ3) is 3.03. The van der Waals surface area contributed by atoms with Crippen molar-refractivity contribution in [2.75, 3.05) is 6.54 Å². The van der Waals surface area contributed by atoms with Gasteiger partial charge >= 0.3 is 0 Å². The van der Waals surface area contributed by atoms with Crippen LogP contribution in [0.1, 0.15) is 29.6 Å². The van der Waals surface area contributed by atoms with Gasteiger partial charge in [0, 0.05) is 5.56 Å². The van der Waals surface area contributed by atoms with E-state index in [0.717, 1.165) is 25.8 Å². The number of halogens is 2. The molecule has 1 aromatic rings. The van der Waals surface area contributed by atoms with Crippen molar-refractivity contribution in [2.45, 2.75) is 25.3 Å². The fraction of sp³-hybridized carbons (Fsp3) is 0.417. The summed E-state index contributed by atoms with van der Waals surface area (Å²) in [7, 11) is 0. The van der Waals surface area contributed by atoms with Crippen LogP contribution in [0.15, 0.2) is 24.3 Å². The van der Waals surface area contributed by atoms with Crippen molar-refractivity contribution in [3.8, 4) is 0 Å². The first-order valence-corrected chi connectivity index (χ1v) is 5.30. The predicted octanol–water partition coefficient (Wildman–Crippen LogP) is 2.57. The molecule has 1 aliphatic rings. The van der Waals surface area contributed by atoms with Crippen LogP contribution in [0, 0.1) is 5.82 Å². The molecule has 0 spiro atoms. The predicted molar refractivity (Wildman–Crippen MR) is 63.6 cm³/mol. The first kappa shape index (κ1) is 13.1. The number of carbonyl (C=O) groups excluding carboxylic acids is 1. The van der Waals surface area contributed by atoms with Crippen molar-refractivity contribution in [1.82, 2.24) is 5.32 Å². The minimum Gasteiger partial charge on any atom is -0.307 e. The van der Waals surface area contributed by atoms with Crippen LogP contribution in [0.25, 0.3) is 0 Å². The Labute approximate surface area is 101 Å². The van der Waals surface area contributed by atoms with Gasteiger partial charge in [-0.25, -0.2) is 4.39 Å². The fourth-order valence-electron chi connectivity index (χ4n) is 1.92. The van der Waals surface area contributed by atoms with Gasteiger partial charge in [0.25, 0.3) is 0 Å². The van der Waals surface area contributed by atoms with Gasteiger partial charge in [-0.05, 0) is 31.5 Å². The number of hydrogen-bond donors (Lipinski definition) is 1. The molecule has 1 atom stereocenters. The summed E-state index contributed by atoms with van der Waals surface area (Å²) in [6, 6.07) is 5.78. The van der Waals surface area contributed by atoms with Gasteiger partial charge in [0.05, 0.1) is 6.04 Å². The summed E-state index contributed by atoms with van der Waals surface area (Å²) < 4.78 is 12.9. The van der Waals surface area contributed by atoms with Gasteiger partial charge in [-0.3, -0.25) is 4.79 Å². The average Bonchev–Trinajstić information content (AvgIpc) is 2.29. The molecule has 2 rings (SSSR count). The normalized spacial score (nSPS) is 19.9. The van der Waals surface area contributed by atoms with E-state index < -0.39 is 0 Å². The van der Waals surface area contributed by atoms with Gasteiger partial charge in [-0.2, -0.15) is 0 Å². The second kappa shape index (κ2) is 5.97. The van der Waals surface area contributed by atoms with Gasteiger partial charge in [0.2, 0.25) is 0 Å². The first-order chi connectivity index (χ1) is 7.27. The number of piperidine rings is 1. The molecule has 1 heterocycles. The lowest BCUT2D eigenvalue weighted by Crippen LogP contribution is -2.40. The van der Waals surface area contributed by atoms with Crippen molar-refractivity contribution in [2.24, 2.45) is 0 Å². The minimum absolute atomic E-state index is 0. The van der Waals surface area contributed by atoms with Crippen molar-refractivity contribution in [1.29, 1.82) is 0 Å². The van der Waals surface area contributed by atoms with Gasteiger partial charge < -0.3 is 5.32 Å². The van der Waals surface area contributed by atoms with Crippen LogP contribution < -0.4 is 5.32 Å². The maximum atomic E-state index is 12.9. The Kier molecular flexibility index (Phi) is 4.90. The summed E-state index contributed by atoms with van der Waals surface area (Å²) in [6.07, 6.45) is 3.04. The van der Waals surface area contributed by atoms with E-state index in [2.05, 4.69) is 5.32 Å². The summed E-state index contributed by atoms with van der Waals surface area (Å²) in [6.45, 7) is 0.881. The topological polar surface area (TPSA) is 29.1 Å². The minimum atomic E-state index is -0.350. The second-order valence-electron chi connectivity index (χ2n) is 3.88. The fourth-order valence-corrected chi connectivity index (χ4v) is 1.92. The third-order valence-corrected chi connectivity index (χ3v) is 2.74. The number of Topliss-reactive ketones (excluding diaryl/α,β-unsaturated/α-hetero) is 1. The molecule has 1 fully saturated rings. The Morgan fingerprint density at radius 2 is 2.19 bits per heavy atom. The van der Waals surface area contributed by atoms with E-state index in [9.17, 15) is 9.18 Å². The molecule has 1 unspecified atom stereocenters. The Hall–Kier alpha value is -0.930. The largest absolute Gasteiger partial charge is 0.307 e. The summed E-state index contributed by atoms with van der Waals surface area (Å²) in [5.74, 6) is -0.342. The van der Waals surface area contributed by atoms with Gasteiger partial charge in [0.1, 0.15) is 5.82 Å². The van der Waals surface area contributed by atoms with Gasteiger partial charge in [-0.1, -0.05) is 18.6 Å². The molecule has 88 valence electrons. The van der Waals surface area contributed by atoms with Crippen LogP contribution in [-0.2, 0) is 0 Å². The molecule has 1 saturated heterocycles. The van der Waals surface area contributed by atoms with E-state index in [1.807, 2.05) is 0 Å². The molecular formula is C12H15ClFNO. The SMILES string of the molecule is Cl.O=C(c1cccc(F)c1)C1CCCCN1. The Bertz CT molecular complexity index is 364. The monoisotopic (exact) mass is 243 g/mol. The molecule has 1 N–H and O–H groups in total.